The summed E-state index contributed by atoms with van der Waals surface area (Å²) in [6.45, 7) is 5.75. The smallest absolute Gasteiger partial charge is 0.253 e. The highest BCUT2D eigenvalue weighted by atomic mass is 32.2. The third-order valence-electron chi connectivity index (χ3n) is 6.44. The fourth-order valence-electron chi connectivity index (χ4n) is 4.63. The zero-order chi connectivity index (χ0) is 23.6. The van der Waals surface area contributed by atoms with Gasteiger partial charge in [-0.15, -0.1) is 0 Å². The molecule has 0 spiro atoms. The van der Waals surface area contributed by atoms with Crippen molar-refractivity contribution in [3.63, 3.8) is 0 Å². The van der Waals surface area contributed by atoms with E-state index in [2.05, 4.69) is 16.4 Å². The van der Waals surface area contributed by atoms with Gasteiger partial charge in [0.15, 0.2) is 9.84 Å². The van der Waals surface area contributed by atoms with E-state index >= 15 is 0 Å². The molecule has 9 heteroatoms. The summed E-state index contributed by atoms with van der Waals surface area (Å²) >= 11 is 0. The number of aromatic nitrogens is 3. The Morgan fingerprint density at radius 3 is 2.58 bits per heavy atom. The largest absolute Gasteiger partial charge is 0.345 e. The lowest BCUT2D eigenvalue weighted by Gasteiger charge is -2.38. The first-order chi connectivity index (χ1) is 15.5. The molecule has 1 aromatic carbocycles. The Morgan fingerprint density at radius 2 is 1.97 bits per heavy atom. The number of hydrogen-bond donors (Lipinski definition) is 1. The topological polar surface area (TPSA) is 118 Å². The van der Waals surface area contributed by atoms with Crippen LogP contribution in [0.2, 0.25) is 0 Å². The number of sulfone groups is 1. The molecule has 5 rings (SSSR count). The first-order valence-electron chi connectivity index (χ1n) is 11.0. The second kappa shape index (κ2) is 7.12. The molecule has 2 aliphatic rings. The minimum absolute atomic E-state index is 0.0349. The molecule has 1 amide bonds. The molecular formula is C24H25N5O3S. The Labute approximate surface area is 192 Å². The van der Waals surface area contributed by atoms with E-state index in [-0.39, 0.29) is 23.5 Å². The molecule has 1 saturated carbocycles. The number of hydrogen-bond acceptors (Lipinski definition) is 6. The van der Waals surface area contributed by atoms with Crippen LogP contribution in [0.4, 0.5) is 0 Å². The minimum atomic E-state index is -3.07. The van der Waals surface area contributed by atoms with Crippen LogP contribution in [0.15, 0.2) is 36.5 Å². The van der Waals surface area contributed by atoms with Gasteiger partial charge in [-0.1, -0.05) is 18.2 Å². The summed E-state index contributed by atoms with van der Waals surface area (Å²) in [5.41, 5.74) is 3.20. The number of nitrogens with one attached hydrogen (secondary N) is 1. The molecular weight excluding hydrogens is 438 g/mol. The number of nitrogens with zero attached hydrogens (tertiary/aromatic N) is 4. The Morgan fingerprint density at radius 1 is 1.24 bits per heavy atom. The van der Waals surface area contributed by atoms with Crippen molar-refractivity contribution in [1.82, 2.24) is 20.1 Å². The number of carbonyl (C=O) groups excluding carboxylic acids is 1. The van der Waals surface area contributed by atoms with Gasteiger partial charge in [0, 0.05) is 17.8 Å². The van der Waals surface area contributed by atoms with E-state index in [1.54, 1.807) is 13.0 Å². The molecule has 2 aromatic heterocycles. The van der Waals surface area contributed by atoms with Crippen molar-refractivity contribution in [1.29, 1.82) is 5.26 Å². The number of rotatable bonds is 5. The van der Waals surface area contributed by atoms with Gasteiger partial charge in [0.1, 0.15) is 11.2 Å². The van der Waals surface area contributed by atoms with Crippen molar-refractivity contribution in [3.05, 3.63) is 47.7 Å². The highest BCUT2D eigenvalue weighted by Crippen LogP contribution is 2.48. The minimum Gasteiger partial charge on any atom is -0.345 e. The van der Waals surface area contributed by atoms with E-state index in [1.165, 1.54) is 6.20 Å². The second-order valence-corrected chi connectivity index (χ2v) is 11.9. The molecule has 33 heavy (non-hydrogen) atoms. The van der Waals surface area contributed by atoms with Crippen LogP contribution in [0.3, 0.4) is 0 Å². The van der Waals surface area contributed by atoms with Gasteiger partial charge in [0.2, 0.25) is 0 Å². The summed E-state index contributed by atoms with van der Waals surface area (Å²) in [6, 6.07) is 12.1. The number of carbonyl (C=O) groups is 1. The normalized spacial score (nSPS) is 19.6. The van der Waals surface area contributed by atoms with Crippen LogP contribution in [0, 0.1) is 11.3 Å². The van der Waals surface area contributed by atoms with Crippen molar-refractivity contribution < 1.29 is 13.2 Å². The van der Waals surface area contributed by atoms with E-state index in [0.29, 0.717) is 16.8 Å². The molecule has 3 heterocycles. The third-order valence-corrected chi connectivity index (χ3v) is 8.60. The zero-order valence-electron chi connectivity index (χ0n) is 18.8. The summed E-state index contributed by atoms with van der Waals surface area (Å²) in [7, 11) is -3.07. The van der Waals surface area contributed by atoms with E-state index in [0.717, 1.165) is 29.5 Å². The molecule has 8 nitrogen and oxygen atoms in total. The Balaban J connectivity index is 1.53. The lowest BCUT2D eigenvalue weighted by Crippen LogP contribution is -2.63. The monoisotopic (exact) mass is 463 g/mol. The number of amides is 1. The van der Waals surface area contributed by atoms with Crippen molar-refractivity contribution in [3.8, 4) is 17.3 Å². The molecule has 1 aliphatic heterocycles. The number of pyridine rings is 1. The lowest BCUT2D eigenvalue weighted by molar-refractivity contribution is 0.0916. The highest BCUT2D eigenvalue weighted by Gasteiger charge is 2.46. The zero-order valence-corrected chi connectivity index (χ0v) is 19.6. The van der Waals surface area contributed by atoms with Gasteiger partial charge in [-0.3, -0.25) is 14.5 Å². The maximum atomic E-state index is 12.9. The third kappa shape index (κ3) is 3.68. The van der Waals surface area contributed by atoms with Crippen molar-refractivity contribution in [2.45, 2.75) is 50.6 Å². The van der Waals surface area contributed by atoms with Crippen LogP contribution in [0.1, 0.15) is 55.6 Å². The van der Waals surface area contributed by atoms with Crippen molar-refractivity contribution in [2.75, 3.05) is 11.5 Å². The van der Waals surface area contributed by atoms with Gasteiger partial charge in [-0.2, -0.15) is 10.4 Å². The number of nitriles is 1. The van der Waals surface area contributed by atoms with Crippen molar-refractivity contribution >= 4 is 26.8 Å². The molecule has 0 bridgehead atoms. The van der Waals surface area contributed by atoms with Crippen LogP contribution in [-0.4, -0.2) is 46.1 Å². The average Bonchev–Trinajstić information content (AvgIpc) is 3.45. The van der Waals surface area contributed by atoms with Crippen LogP contribution in [0.5, 0.6) is 0 Å². The van der Waals surface area contributed by atoms with Crippen LogP contribution < -0.4 is 5.32 Å². The van der Waals surface area contributed by atoms with Crippen molar-refractivity contribution in [2.24, 2.45) is 0 Å². The summed E-state index contributed by atoms with van der Waals surface area (Å²) in [5.74, 6) is -0.474. The standard InChI is InChI=1S/C24H25N5O3S/c1-15(2)29-19-10-17(22(30)27-23(3)13-33(31,32)14-23)11-26-21(19)20(28-29)16-5-4-6-18(9-16)24(12-25)7-8-24/h4-6,9-11,15H,7-8,13-14H2,1-3H3,(H,27,30). The molecule has 1 N–H and O–H groups in total. The molecule has 3 aromatic rings. The predicted octanol–water partition coefficient (Wildman–Crippen LogP) is 3.15. The number of fused-ring (bicyclic) bond motifs is 1. The maximum Gasteiger partial charge on any atom is 0.253 e. The van der Waals surface area contributed by atoms with Gasteiger partial charge < -0.3 is 5.32 Å². The van der Waals surface area contributed by atoms with Crippen LogP contribution >= 0.6 is 0 Å². The van der Waals surface area contributed by atoms with Crippen LogP contribution in [-0.2, 0) is 15.3 Å². The first-order valence-corrected chi connectivity index (χ1v) is 12.8. The molecule has 170 valence electrons. The molecule has 1 saturated heterocycles. The van der Waals surface area contributed by atoms with Gasteiger partial charge in [-0.05, 0) is 51.3 Å². The fourth-order valence-corrected chi connectivity index (χ4v) is 6.63. The Kier molecular flexibility index (Phi) is 4.66. The van der Waals surface area contributed by atoms with Gasteiger partial charge in [0.05, 0.1) is 39.6 Å². The molecule has 0 atom stereocenters. The number of benzene rings is 1. The van der Waals surface area contributed by atoms with Gasteiger partial charge in [-0.25, -0.2) is 8.42 Å². The van der Waals surface area contributed by atoms with Crippen LogP contribution in [0.25, 0.3) is 22.3 Å². The molecule has 1 aliphatic carbocycles. The lowest BCUT2D eigenvalue weighted by atomic mass is 9.95. The van der Waals surface area contributed by atoms with Gasteiger partial charge >= 0.3 is 0 Å². The quantitative estimate of drug-likeness (QED) is 0.621. The summed E-state index contributed by atoms with van der Waals surface area (Å²) in [6.07, 6.45) is 3.24. The van der Waals surface area contributed by atoms with E-state index in [9.17, 15) is 18.5 Å². The van der Waals surface area contributed by atoms with E-state index in [4.69, 9.17) is 5.10 Å². The molecule has 0 radical (unpaired) electrons. The highest BCUT2D eigenvalue weighted by molar-refractivity contribution is 7.93. The second-order valence-electron chi connectivity index (χ2n) is 9.80. The fraction of sp³-hybridized carbons (Fsp3) is 0.417. The molecule has 2 fully saturated rings. The Hall–Kier alpha value is -3.25. The Bertz CT molecular complexity index is 1430. The van der Waals surface area contributed by atoms with E-state index in [1.807, 2.05) is 42.8 Å². The summed E-state index contributed by atoms with van der Waals surface area (Å²) in [5, 5.41) is 17.2. The average molecular weight is 464 g/mol. The first kappa shape index (κ1) is 21.6. The van der Waals surface area contributed by atoms with Gasteiger partial charge in [0.25, 0.3) is 5.91 Å². The summed E-state index contributed by atoms with van der Waals surface area (Å²) < 4.78 is 25.0. The summed E-state index contributed by atoms with van der Waals surface area (Å²) in [4.78, 5) is 17.4. The molecule has 0 unspecified atom stereocenters. The predicted molar refractivity (Wildman–Crippen MR) is 124 cm³/mol. The van der Waals surface area contributed by atoms with E-state index < -0.39 is 20.8 Å². The SMILES string of the molecule is CC(C)n1nc(-c2cccc(C3(C#N)CC3)c2)c2ncc(C(=O)NC3(C)CS(=O)(=O)C3)cc21. The maximum absolute atomic E-state index is 12.9.